The zero-order valence-corrected chi connectivity index (χ0v) is 19.5. The first-order valence-corrected chi connectivity index (χ1v) is 11.6. The molecule has 2 fully saturated rings. The molecule has 1 aliphatic carbocycles. The average Bonchev–Trinajstić information content (AvgIpc) is 3.68. The number of carbonyl (C=O) groups is 1. The van der Waals surface area contributed by atoms with Crippen molar-refractivity contribution >= 4 is 11.7 Å². The van der Waals surface area contributed by atoms with E-state index >= 15 is 0 Å². The number of methoxy groups -OCH3 is 1. The lowest BCUT2D eigenvalue weighted by Crippen LogP contribution is -2.54. The van der Waals surface area contributed by atoms with Crippen molar-refractivity contribution in [1.82, 2.24) is 14.9 Å². The molecule has 0 aromatic carbocycles. The molecule has 174 valence electrons. The van der Waals surface area contributed by atoms with Crippen molar-refractivity contribution in [2.45, 2.75) is 51.2 Å². The molecule has 1 saturated heterocycles. The van der Waals surface area contributed by atoms with Crippen LogP contribution in [0.2, 0.25) is 0 Å². The van der Waals surface area contributed by atoms with Gasteiger partial charge in [-0.15, -0.1) is 0 Å². The van der Waals surface area contributed by atoms with E-state index in [0.29, 0.717) is 55.7 Å². The summed E-state index contributed by atoms with van der Waals surface area (Å²) in [4.78, 5) is 25.6. The Morgan fingerprint density at radius 2 is 2.06 bits per heavy atom. The number of nitriles is 1. The third-order valence-corrected chi connectivity index (χ3v) is 6.33. The molecule has 33 heavy (non-hydrogen) atoms. The van der Waals surface area contributed by atoms with Gasteiger partial charge in [0, 0.05) is 57.2 Å². The number of hydrogen-bond donors (Lipinski definition) is 0. The molecule has 2 aromatic rings. The fourth-order valence-electron chi connectivity index (χ4n) is 4.31. The summed E-state index contributed by atoms with van der Waals surface area (Å²) in [6, 6.07) is 8.06. The van der Waals surface area contributed by atoms with Gasteiger partial charge in [-0.05, 0) is 44.4 Å². The lowest BCUT2D eigenvalue weighted by molar-refractivity contribution is -0.134. The molecule has 4 rings (SSSR count). The molecule has 2 atom stereocenters. The molecule has 2 aromatic heterocycles. The highest BCUT2D eigenvalue weighted by molar-refractivity contribution is 5.77. The second kappa shape index (κ2) is 10.2. The predicted molar refractivity (Wildman–Crippen MR) is 124 cm³/mol. The second-order valence-corrected chi connectivity index (χ2v) is 8.79. The van der Waals surface area contributed by atoms with E-state index in [0.717, 1.165) is 24.1 Å². The maximum absolute atomic E-state index is 12.5. The Hall–Kier alpha value is -3.18. The minimum atomic E-state index is -0.175. The molecule has 3 heterocycles. The van der Waals surface area contributed by atoms with Crippen LogP contribution in [0.25, 0.3) is 0 Å². The number of nitrogens with zero attached hydrogens (tertiary/aromatic N) is 5. The molecule has 1 saturated carbocycles. The van der Waals surface area contributed by atoms with E-state index in [1.165, 1.54) is 0 Å². The largest absolute Gasteiger partial charge is 0.484 e. The first-order valence-electron chi connectivity index (χ1n) is 11.6. The first-order chi connectivity index (χ1) is 16.0. The van der Waals surface area contributed by atoms with Crippen LogP contribution >= 0.6 is 0 Å². The quantitative estimate of drug-likeness (QED) is 0.610. The molecule has 0 radical (unpaired) electrons. The molecule has 2 unspecified atom stereocenters. The van der Waals surface area contributed by atoms with Crippen LogP contribution in [0.15, 0.2) is 30.6 Å². The van der Waals surface area contributed by atoms with Gasteiger partial charge >= 0.3 is 0 Å². The molecule has 8 nitrogen and oxygen atoms in total. The van der Waals surface area contributed by atoms with Gasteiger partial charge in [-0.2, -0.15) is 5.26 Å². The summed E-state index contributed by atoms with van der Waals surface area (Å²) >= 11 is 0. The highest BCUT2D eigenvalue weighted by atomic mass is 16.5. The fourth-order valence-corrected chi connectivity index (χ4v) is 4.31. The van der Waals surface area contributed by atoms with E-state index in [1.54, 1.807) is 19.5 Å². The van der Waals surface area contributed by atoms with Crippen molar-refractivity contribution < 1.29 is 14.3 Å². The SMILES string of the molecule is COCCC(=O)N1CCN(c2nc(C3CC3)c(OC(C)c3ccncc3)cc2C#N)CC1C. The van der Waals surface area contributed by atoms with E-state index in [-0.39, 0.29) is 18.1 Å². The second-order valence-electron chi connectivity index (χ2n) is 8.79. The molecule has 8 heteroatoms. The van der Waals surface area contributed by atoms with Gasteiger partial charge in [-0.1, -0.05) is 0 Å². The van der Waals surface area contributed by atoms with Crippen LogP contribution in [0.1, 0.15) is 62.0 Å². The van der Waals surface area contributed by atoms with Crippen molar-refractivity contribution in [3.63, 3.8) is 0 Å². The summed E-state index contributed by atoms with van der Waals surface area (Å²) in [7, 11) is 1.60. The molecule has 0 spiro atoms. The van der Waals surface area contributed by atoms with E-state index in [1.807, 2.05) is 36.9 Å². The van der Waals surface area contributed by atoms with Crippen LogP contribution in [0.4, 0.5) is 5.82 Å². The van der Waals surface area contributed by atoms with Gasteiger partial charge in [-0.3, -0.25) is 9.78 Å². The number of anilines is 1. The summed E-state index contributed by atoms with van der Waals surface area (Å²) in [5, 5.41) is 9.91. The lowest BCUT2D eigenvalue weighted by atomic mass is 10.1. The first kappa shape index (κ1) is 23.0. The highest BCUT2D eigenvalue weighted by Gasteiger charge is 2.33. The van der Waals surface area contributed by atoms with Gasteiger partial charge in [0.05, 0.1) is 24.3 Å². The number of piperazine rings is 1. The minimum Gasteiger partial charge on any atom is -0.484 e. The van der Waals surface area contributed by atoms with E-state index < -0.39 is 0 Å². The number of pyridine rings is 2. The normalized spacial score (nSPS) is 19.2. The molecule has 2 aliphatic rings. The fraction of sp³-hybridized carbons (Fsp3) is 0.520. The Balaban J connectivity index is 1.55. The van der Waals surface area contributed by atoms with Crippen molar-refractivity contribution in [3.8, 4) is 11.8 Å². The Bertz CT molecular complexity index is 1020. The zero-order chi connectivity index (χ0) is 23.4. The smallest absolute Gasteiger partial charge is 0.225 e. The molecule has 1 aliphatic heterocycles. The molecular weight excluding hydrogens is 418 g/mol. The van der Waals surface area contributed by atoms with Crippen LogP contribution in [-0.4, -0.2) is 60.2 Å². The Kier molecular flexibility index (Phi) is 7.09. The predicted octanol–water partition coefficient (Wildman–Crippen LogP) is 3.44. The highest BCUT2D eigenvalue weighted by Crippen LogP contribution is 2.45. The molecular formula is C25H31N5O3. The van der Waals surface area contributed by atoms with Crippen molar-refractivity contribution in [2.24, 2.45) is 0 Å². The zero-order valence-electron chi connectivity index (χ0n) is 19.5. The summed E-state index contributed by atoms with van der Waals surface area (Å²) in [6.45, 7) is 6.34. The van der Waals surface area contributed by atoms with Crippen LogP contribution < -0.4 is 9.64 Å². The van der Waals surface area contributed by atoms with Crippen LogP contribution in [-0.2, 0) is 9.53 Å². The van der Waals surface area contributed by atoms with Crippen LogP contribution in [0, 0.1) is 11.3 Å². The maximum Gasteiger partial charge on any atom is 0.225 e. The standard InChI is InChI=1S/C25H31N5O3/c1-17-16-29(11-12-30(17)23(31)8-13-32-3)25-21(15-26)14-22(24(28-25)20-4-5-20)33-18(2)19-6-9-27-10-7-19/h6-7,9-10,14,17-18,20H,4-5,8,11-13,16H2,1-3H3. The van der Waals surface area contributed by atoms with E-state index in [9.17, 15) is 10.1 Å². The lowest BCUT2D eigenvalue weighted by Gasteiger charge is -2.41. The summed E-state index contributed by atoms with van der Waals surface area (Å²) in [5.41, 5.74) is 2.45. The van der Waals surface area contributed by atoms with Gasteiger partial charge in [-0.25, -0.2) is 4.98 Å². The average molecular weight is 450 g/mol. The van der Waals surface area contributed by atoms with Gasteiger partial charge < -0.3 is 19.3 Å². The van der Waals surface area contributed by atoms with Crippen molar-refractivity contribution in [1.29, 1.82) is 5.26 Å². The van der Waals surface area contributed by atoms with Gasteiger partial charge in [0.15, 0.2) is 0 Å². The topological polar surface area (TPSA) is 91.6 Å². The summed E-state index contributed by atoms with van der Waals surface area (Å²) in [5.74, 6) is 1.85. The Labute approximate surface area is 195 Å². The monoisotopic (exact) mass is 449 g/mol. The maximum atomic E-state index is 12.5. The number of rotatable bonds is 8. The van der Waals surface area contributed by atoms with Gasteiger partial charge in [0.25, 0.3) is 0 Å². The van der Waals surface area contributed by atoms with E-state index in [4.69, 9.17) is 14.5 Å². The summed E-state index contributed by atoms with van der Waals surface area (Å²) < 4.78 is 11.3. The van der Waals surface area contributed by atoms with E-state index in [2.05, 4.69) is 16.0 Å². The number of amides is 1. The molecule has 0 bridgehead atoms. The number of ether oxygens (including phenoxy) is 2. The van der Waals surface area contributed by atoms with Crippen molar-refractivity contribution in [3.05, 3.63) is 47.4 Å². The summed E-state index contributed by atoms with van der Waals surface area (Å²) in [6.07, 6.45) is 5.87. The number of hydrogen-bond acceptors (Lipinski definition) is 7. The number of carbonyl (C=O) groups excluding carboxylic acids is 1. The third-order valence-electron chi connectivity index (χ3n) is 6.33. The van der Waals surface area contributed by atoms with Gasteiger partial charge in [0.1, 0.15) is 23.7 Å². The van der Waals surface area contributed by atoms with Crippen molar-refractivity contribution in [2.75, 3.05) is 38.3 Å². The number of aromatic nitrogens is 2. The molecule has 1 amide bonds. The third kappa shape index (κ3) is 5.25. The van der Waals surface area contributed by atoms with Gasteiger partial charge in [0.2, 0.25) is 5.91 Å². The molecule has 0 N–H and O–H groups in total. The van der Waals surface area contributed by atoms with Crippen LogP contribution in [0.3, 0.4) is 0 Å². The Morgan fingerprint density at radius 1 is 1.30 bits per heavy atom. The minimum absolute atomic E-state index is 0.0310. The Morgan fingerprint density at radius 3 is 2.70 bits per heavy atom. The van der Waals surface area contributed by atoms with Crippen LogP contribution in [0.5, 0.6) is 5.75 Å².